The molecule has 0 unspecified atom stereocenters. The molecule has 5 heteroatoms. The van der Waals surface area contributed by atoms with E-state index in [1.165, 1.54) is 0 Å². The first-order valence-corrected chi connectivity index (χ1v) is 11.0. The van der Waals surface area contributed by atoms with Gasteiger partial charge in [-0.25, -0.2) is 0 Å². The van der Waals surface area contributed by atoms with Crippen molar-refractivity contribution >= 4 is 23.3 Å². The van der Waals surface area contributed by atoms with Gasteiger partial charge in [-0.05, 0) is 62.9 Å². The Morgan fingerprint density at radius 3 is 2.50 bits per heavy atom. The standard InChI is InChI=1S/C25H29ClN2O2/c26-22-12-11-19(23(18-22)24(29)20-9-5-3-6-10-20)8-4-1-2-7-15-28-16-13-21(14-17-28)25(27)30/h2-3,5-7,9-12,18,21H,1,4,8,13-17H2,(H2,27,30)/b7-2+. The number of nitrogens with two attached hydrogens (primary N) is 1. The number of ketones is 1. The number of aryl methyl sites for hydroxylation is 1. The molecule has 4 nitrogen and oxygen atoms in total. The van der Waals surface area contributed by atoms with Crippen LogP contribution in [0, 0.1) is 5.92 Å². The van der Waals surface area contributed by atoms with Crippen molar-refractivity contribution in [1.82, 2.24) is 4.90 Å². The summed E-state index contributed by atoms with van der Waals surface area (Å²) >= 11 is 6.16. The molecule has 2 aromatic rings. The Hall–Kier alpha value is -2.43. The molecule has 1 amide bonds. The zero-order chi connectivity index (χ0) is 21.3. The van der Waals surface area contributed by atoms with Gasteiger partial charge in [0, 0.05) is 28.6 Å². The number of benzene rings is 2. The van der Waals surface area contributed by atoms with Gasteiger partial charge in [0.15, 0.2) is 5.78 Å². The summed E-state index contributed by atoms with van der Waals surface area (Å²) < 4.78 is 0. The number of unbranched alkanes of at least 4 members (excludes halogenated alkanes) is 1. The summed E-state index contributed by atoms with van der Waals surface area (Å²) in [4.78, 5) is 26.5. The number of primary amides is 1. The molecular weight excluding hydrogens is 396 g/mol. The van der Waals surface area contributed by atoms with Crippen molar-refractivity contribution in [2.45, 2.75) is 32.1 Å². The predicted octanol–water partition coefficient (Wildman–Crippen LogP) is 4.65. The Labute approximate surface area is 183 Å². The second-order valence-electron chi connectivity index (χ2n) is 7.84. The van der Waals surface area contributed by atoms with E-state index in [2.05, 4.69) is 17.1 Å². The lowest BCUT2D eigenvalue weighted by Crippen LogP contribution is -2.38. The third-order valence-corrected chi connectivity index (χ3v) is 5.92. The molecule has 158 valence electrons. The van der Waals surface area contributed by atoms with E-state index in [-0.39, 0.29) is 17.6 Å². The Morgan fingerprint density at radius 2 is 1.80 bits per heavy atom. The first kappa shape index (κ1) is 22.3. The van der Waals surface area contributed by atoms with Crippen molar-refractivity contribution in [1.29, 1.82) is 0 Å². The fourth-order valence-electron chi connectivity index (χ4n) is 3.87. The van der Waals surface area contributed by atoms with Crippen LogP contribution in [0.5, 0.6) is 0 Å². The van der Waals surface area contributed by atoms with Crippen LogP contribution in [0.1, 0.15) is 47.2 Å². The molecule has 30 heavy (non-hydrogen) atoms. The van der Waals surface area contributed by atoms with Crippen molar-refractivity contribution in [3.63, 3.8) is 0 Å². The molecule has 1 heterocycles. The van der Waals surface area contributed by atoms with Gasteiger partial charge in [0.05, 0.1) is 0 Å². The average Bonchev–Trinajstić information content (AvgIpc) is 2.77. The third-order valence-electron chi connectivity index (χ3n) is 5.69. The highest BCUT2D eigenvalue weighted by atomic mass is 35.5. The number of nitrogens with zero attached hydrogens (tertiary/aromatic N) is 1. The first-order chi connectivity index (χ1) is 14.5. The third kappa shape index (κ3) is 6.28. The number of halogens is 1. The molecule has 3 rings (SSSR count). The Bertz CT molecular complexity index is 887. The van der Waals surface area contributed by atoms with Crippen LogP contribution in [0.15, 0.2) is 60.7 Å². The highest BCUT2D eigenvalue weighted by Crippen LogP contribution is 2.21. The van der Waals surface area contributed by atoms with Gasteiger partial charge in [-0.1, -0.05) is 60.2 Å². The van der Waals surface area contributed by atoms with Crippen LogP contribution < -0.4 is 5.73 Å². The van der Waals surface area contributed by atoms with Crippen molar-refractivity contribution in [3.8, 4) is 0 Å². The summed E-state index contributed by atoms with van der Waals surface area (Å²) in [7, 11) is 0. The number of hydrogen-bond donors (Lipinski definition) is 1. The summed E-state index contributed by atoms with van der Waals surface area (Å²) in [5.74, 6) is -0.113. The van der Waals surface area contributed by atoms with E-state index >= 15 is 0 Å². The first-order valence-electron chi connectivity index (χ1n) is 10.6. The molecule has 0 aliphatic carbocycles. The molecule has 0 aromatic heterocycles. The molecule has 2 aromatic carbocycles. The van der Waals surface area contributed by atoms with Crippen LogP contribution in [-0.2, 0) is 11.2 Å². The minimum absolute atomic E-state index is 0.0167. The summed E-state index contributed by atoms with van der Waals surface area (Å²) in [6.07, 6.45) is 8.88. The maximum atomic E-state index is 12.9. The largest absolute Gasteiger partial charge is 0.369 e. The quantitative estimate of drug-likeness (QED) is 0.362. The average molecular weight is 425 g/mol. The number of amides is 1. The molecule has 1 aliphatic heterocycles. The number of allylic oxidation sites excluding steroid dienone is 1. The van der Waals surface area contributed by atoms with Gasteiger partial charge >= 0.3 is 0 Å². The minimum Gasteiger partial charge on any atom is -0.369 e. The van der Waals surface area contributed by atoms with E-state index in [9.17, 15) is 9.59 Å². The van der Waals surface area contributed by atoms with Crippen LogP contribution in [0.25, 0.3) is 0 Å². The summed E-state index contributed by atoms with van der Waals surface area (Å²) in [6, 6.07) is 14.9. The van der Waals surface area contributed by atoms with Crippen LogP contribution in [0.2, 0.25) is 5.02 Å². The van der Waals surface area contributed by atoms with E-state index in [0.717, 1.165) is 57.3 Å². The molecule has 0 bridgehead atoms. The van der Waals surface area contributed by atoms with Gasteiger partial charge in [0.2, 0.25) is 5.91 Å². The number of rotatable bonds is 9. The smallest absolute Gasteiger partial charge is 0.220 e. The number of carbonyl (C=O) groups excluding carboxylic acids is 2. The van der Waals surface area contributed by atoms with Crippen molar-refractivity contribution in [2.75, 3.05) is 19.6 Å². The topological polar surface area (TPSA) is 63.4 Å². The van der Waals surface area contributed by atoms with Crippen LogP contribution >= 0.6 is 11.6 Å². The summed E-state index contributed by atoms with van der Waals surface area (Å²) in [5.41, 5.74) is 7.79. The van der Waals surface area contributed by atoms with E-state index in [1.54, 1.807) is 6.07 Å². The maximum Gasteiger partial charge on any atom is 0.220 e. The minimum atomic E-state index is -0.169. The number of hydrogen-bond acceptors (Lipinski definition) is 3. The molecule has 1 aliphatic rings. The van der Waals surface area contributed by atoms with Gasteiger partial charge in [-0.3, -0.25) is 14.5 Å². The zero-order valence-electron chi connectivity index (χ0n) is 17.2. The lowest BCUT2D eigenvalue weighted by molar-refractivity contribution is -0.123. The van der Waals surface area contributed by atoms with E-state index in [4.69, 9.17) is 17.3 Å². The zero-order valence-corrected chi connectivity index (χ0v) is 18.0. The second-order valence-corrected chi connectivity index (χ2v) is 8.27. The molecular formula is C25H29ClN2O2. The van der Waals surface area contributed by atoms with E-state index in [0.29, 0.717) is 16.1 Å². The number of likely N-dealkylation sites (tertiary alicyclic amines) is 1. The SMILES string of the molecule is NC(=O)C1CCN(C/C=C/CCCc2ccc(Cl)cc2C(=O)c2ccccc2)CC1. The molecule has 1 saturated heterocycles. The molecule has 0 spiro atoms. The van der Waals surface area contributed by atoms with Crippen LogP contribution in [0.4, 0.5) is 0 Å². The Kier molecular flexibility index (Phi) is 8.23. The molecule has 1 fully saturated rings. The van der Waals surface area contributed by atoms with Gasteiger partial charge < -0.3 is 5.73 Å². The second kappa shape index (κ2) is 11.1. The highest BCUT2D eigenvalue weighted by Gasteiger charge is 2.22. The predicted molar refractivity (Wildman–Crippen MR) is 122 cm³/mol. The lowest BCUT2D eigenvalue weighted by atomic mass is 9.95. The lowest BCUT2D eigenvalue weighted by Gasteiger charge is -2.29. The van der Waals surface area contributed by atoms with Crippen molar-refractivity contribution in [2.24, 2.45) is 11.7 Å². The van der Waals surface area contributed by atoms with Gasteiger partial charge in [0.1, 0.15) is 0 Å². The molecule has 0 atom stereocenters. The Morgan fingerprint density at radius 1 is 1.07 bits per heavy atom. The fourth-order valence-corrected chi connectivity index (χ4v) is 4.05. The molecule has 0 radical (unpaired) electrons. The van der Waals surface area contributed by atoms with E-state index < -0.39 is 0 Å². The molecule has 2 N–H and O–H groups in total. The normalized spacial score (nSPS) is 15.5. The molecule has 0 saturated carbocycles. The van der Waals surface area contributed by atoms with Crippen molar-refractivity contribution < 1.29 is 9.59 Å². The summed E-state index contributed by atoms with van der Waals surface area (Å²) in [5, 5.41) is 0.582. The maximum absolute atomic E-state index is 12.9. The van der Waals surface area contributed by atoms with Crippen LogP contribution in [-0.4, -0.2) is 36.2 Å². The monoisotopic (exact) mass is 424 g/mol. The fraction of sp³-hybridized carbons (Fsp3) is 0.360. The number of carbonyl (C=O) groups is 2. The van der Waals surface area contributed by atoms with E-state index in [1.807, 2.05) is 42.5 Å². The van der Waals surface area contributed by atoms with Gasteiger partial charge in [0.25, 0.3) is 0 Å². The van der Waals surface area contributed by atoms with Crippen molar-refractivity contribution in [3.05, 3.63) is 82.4 Å². The van der Waals surface area contributed by atoms with Crippen LogP contribution in [0.3, 0.4) is 0 Å². The number of piperidine rings is 1. The summed E-state index contributed by atoms with van der Waals surface area (Å²) in [6.45, 7) is 2.76. The Balaban J connectivity index is 1.48. The highest BCUT2D eigenvalue weighted by molar-refractivity contribution is 6.31. The van der Waals surface area contributed by atoms with Gasteiger partial charge in [-0.2, -0.15) is 0 Å². The van der Waals surface area contributed by atoms with Gasteiger partial charge in [-0.15, -0.1) is 0 Å².